The van der Waals surface area contributed by atoms with Gasteiger partial charge in [0.25, 0.3) is 0 Å². The smallest absolute Gasteiger partial charge is 0.218 e. The maximum absolute atomic E-state index is 14.9. The normalized spacial score (nSPS) is 22.9. The molecule has 0 amide bonds. The molecule has 0 saturated heterocycles. The molecule has 4 heterocycles. The maximum atomic E-state index is 14.9. The van der Waals surface area contributed by atoms with Crippen molar-refractivity contribution in [3.63, 3.8) is 0 Å². The zero-order valence-corrected chi connectivity index (χ0v) is 18.7. The maximum Gasteiger partial charge on any atom is 0.218 e. The second kappa shape index (κ2) is 8.33. The van der Waals surface area contributed by atoms with Crippen molar-refractivity contribution in [3.8, 4) is 6.07 Å². The number of nitrogens with one attached hydrogen (secondary N) is 1. The predicted octanol–water partition coefficient (Wildman–Crippen LogP) is 3.85. The highest BCUT2D eigenvalue weighted by Crippen LogP contribution is 2.46. The number of nitrogens with zero attached hydrogens (tertiary/aromatic N) is 5. The van der Waals surface area contributed by atoms with E-state index in [1.54, 1.807) is 31.5 Å². The fourth-order valence-corrected chi connectivity index (χ4v) is 5.39. The van der Waals surface area contributed by atoms with Gasteiger partial charge >= 0.3 is 0 Å². The van der Waals surface area contributed by atoms with E-state index in [1.807, 2.05) is 13.8 Å². The van der Waals surface area contributed by atoms with Crippen LogP contribution >= 0.6 is 11.8 Å². The summed E-state index contributed by atoms with van der Waals surface area (Å²) in [6.07, 6.45) is 5.02. The average molecular weight is 452 g/mol. The molecule has 3 aromatic rings. The van der Waals surface area contributed by atoms with E-state index in [9.17, 15) is 4.39 Å². The lowest BCUT2D eigenvalue weighted by molar-refractivity contribution is 0.157. The molecule has 0 aromatic carbocycles. The summed E-state index contributed by atoms with van der Waals surface area (Å²) in [5.41, 5.74) is 7.11. The number of anilines is 2. The Morgan fingerprint density at radius 1 is 1.28 bits per heavy atom. The molecule has 0 unspecified atom stereocenters. The second-order valence-corrected chi connectivity index (χ2v) is 9.75. The number of aliphatic imine (C=N–C) groups is 1. The highest BCUT2D eigenvalue weighted by atomic mass is 32.2. The van der Waals surface area contributed by atoms with Crippen LogP contribution in [0.15, 0.2) is 41.8 Å². The minimum Gasteiger partial charge on any atom is -0.383 e. The van der Waals surface area contributed by atoms with Crippen molar-refractivity contribution in [2.45, 2.75) is 30.6 Å². The van der Waals surface area contributed by atoms with Gasteiger partial charge in [-0.3, -0.25) is 9.98 Å². The highest BCUT2D eigenvalue weighted by molar-refractivity contribution is 8.15. The topological polar surface area (TPSA) is 122 Å². The van der Waals surface area contributed by atoms with Crippen LogP contribution in [0.2, 0.25) is 0 Å². The van der Waals surface area contributed by atoms with Gasteiger partial charge in [0.15, 0.2) is 11.0 Å². The van der Waals surface area contributed by atoms with E-state index in [2.05, 4.69) is 31.3 Å². The van der Waals surface area contributed by atoms with Gasteiger partial charge < -0.3 is 15.8 Å². The van der Waals surface area contributed by atoms with Crippen molar-refractivity contribution < 1.29 is 9.13 Å². The summed E-state index contributed by atoms with van der Waals surface area (Å²) in [6.45, 7) is 4.32. The van der Waals surface area contributed by atoms with Gasteiger partial charge in [0, 0.05) is 35.2 Å². The zero-order valence-electron chi connectivity index (χ0n) is 17.9. The van der Waals surface area contributed by atoms with E-state index in [0.29, 0.717) is 46.3 Å². The average Bonchev–Trinajstić information content (AvgIpc) is 2.73. The zero-order chi connectivity index (χ0) is 22.9. The fraction of sp³-hybridized carbons (Fsp3) is 0.318. The predicted molar refractivity (Wildman–Crippen MR) is 123 cm³/mol. The Labute approximate surface area is 189 Å². The van der Waals surface area contributed by atoms with Crippen LogP contribution in [-0.4, -0.2) is 38.6 Å². The number of ether oxygens (including phenoxy) is 1. The molecule has 0 saturated carbocycles. The van der Waals surface area contributed by atoms with Crippen LogP contribution < -0.4 is 11.1 Å². The molecule has 0 aliphatic carbocycles. The monoisotopic (exact) mass is 451 g/mol. The summed E-state index contributed by atoms with van der Waals surface area (Å²) in [5, 5.41) is 13.4. The number of halogens is 1. The van der Waals surface area contributed by atoms with E-state index < -0.39 is 11.5 Å². The number of amidine groups is 1. The first-order valence-electron chi connectivity index (χ1n) is 9.86. The Kier molecular flexibility index (Phi) is 5.71. The van der Waals surface area contributed by atoms with Crippen LogP contribution in [0.5, 0.6) is 0 Å². The van der Waals surface area contributed by atoms with Crippen LogP contribution in [0.4, 0.5) is 15.9 Å². The van der Waals surface area contributed by atoms with Gasteiger partial charge in [0.05, 0.1) is 29.6 Å². The van der Waals surface area contributed by atoms with E-state index in [0.717, 1.165) is 5.39 Å². The Bertz CT molecular complexity index is 1260. The molecular formula is C22H22FN7OS. The third kappa shape index (κ3) is 4.22. The summed E-state index contributed by atoms with van der Waals surface area (Å²) >= 11 is 1.43. The lowest BCUT2D eigenvalue weighted by Gasteiger charge is -2.40. The first kappa shape index (κ1) is 21.9. The molecule has 164 valence electrons. The Balaban J connectivity index is 1.72. The highest BCUT2D eigenvalue weighted by Gasteiger charge is 2.43. The summed E-state index contributed by atoms with van der Waals surface area (Å²) in [6, 6.07) is 7.26. The Morgan fingerprint density at radius 2 is 2.09 bits per heavy atom. The van der Waals surface area contributed by atoms with Crippen molar-refractivity contribution >= 4 is 39.3 Å². The quantitative estimate of drug-likeness (QED) is 0.561. The van der Waals surface area contributed by atoms with E-state index in [4.69, 9.17) is 15.7 Å². The number of fused-ring (bicyclic) bond motifs is 1. The SMILES string of the molecule is COC[C@@]1(C)C[C@@](C)(c2cc(Nc3nccc4cc(C#N)cnc34)cnc2F)N=C(N)S1. The first-order valence-corrected chi connectivity index (χ1v) is 10.7. The molecule has 4 rings (SSSR count). The van der Waals surface area contributed by atoms with Gasteiger partial charge in [0.2, 0.25) is 5.95 Å². The van der Waals surface area contributed by atoms with Crippen molar-refractivity contribution in [3.05, 3.63) is 53.9 Å². The number of nitrogens with two attached hydrogens (primary N) is 1. The molecule has 0 radical (unpaired) electrons. The summed E-state index contributed by atoms with van der Waals surface area (Å²) in [7, 11) is 1.63. The number of hydrogen-bond donors (Lipinski definition) is 2. The molecule has 1 aliphatic heterocycles. The molecule has 0 fully saturated rings. The number of aromatic nitrogens is 3. The fourth-order valence-electron chi connectivity index (χ4n) is 4.11. The molecule has 32 heavy (non-hydrogen) atoms. The molecule has 3 N–H and O–H groups in total. The summed E-state index contributed by atoms with van der Waals surface area (Å²) < 4.78 is 19.9. The Morgan fingerprint density at radius 3 is 2.84 bits per heavy atom. The number of pyridine rings is 3. The van der Waals surface area contributed by atoms with Crippen LogP contribution in [0.25, 0.3) is 10.9 Å². The van der Waals surface area contributed by atoms with Gasteiger partial charge in [-0.1, -0.05) is 11.8 Å². The van der Waals surface area contributed by atoms with Crippen molar-refractivity contribution in [1.82, 2.24) is 15.0 Å². The summed E-state index contributed by atoms with van der Waals surface area (Å²) in [5.74, 6) is -0.133. The van der Waals surface area contributed by atoms with Gasteiger partial charge in [-0.15, -0.1) is 0 Å². The minimum atomic E-state index is -0.913. The van der Waals surface area contributed by atoms with Crippen molar-refractivity contribution in [1.29, 1.82) is 5.26 Å². The molecule has 0 bridgehead atoms. The molecule has 8 nitrogen and oxygen atoms in total. The van der Waals surface area contributed by atoms with Crippen LogP contribution in [0.3, 0.4) is 0 Å². The second-order valence-electron chi connectivity index (χ2n) is 8.14. The largest absolute Gasteiger partial charge is 0.383 e. The van der Waals surface area contributed by atoms with Crippen molar-refractivity contribution in [2.24, 2.45) is 10.7 Å². The number of rotatable bonds is 5. The lowest BCUT2D eigenvalue weighted by Crippen LogP contribution is -2.43. The first-order chi connectivity index (χ1) is 15.2. The molecule has 2 atom stereocenters. The Hall–Kier alpha value is -3.29. The number of nitriles is 1. The van der Waals surface area contributed by atoms with Crippen molar-refractivity contribution in [2.75, 3.05) is 19.0 Å². The van der Waals surface area contributed by atoms with Crippen LogP contribution in [0, 0.1) is 17.3 Å². The lowest BCUT2D eigenvalue weighted by atomic mass is 9.84. The van der Waals surface area contributed by atoms with E-state index in [1.165, 1.54) is 24.2 Å². The van der Waals surface area contributed by atoms with Gasteiger partial charge in [-0.25, -0.2) is 9.97 Å². The molecular weight excluding hydrogens is 429 g/mol. The van der Waals surface area contributed by atoms with E-state index >= 15 is 0 Å². The van der Waals surface area contributed by atoms with E-state index in [-0.39, 0.29) is 4.75 Å². The minimum absolute atomic E-state index is 0.327. The summed E-state index contributed by atoms with van der Waals surface area (Å²) in [4.78, 5) is 17.2. The molecule has 0 spiro atoms. The third-order valence-electron chi connectivity index (χ3n) is 5.29. The standard InChI is InChI=1S/C22H22FN7OS/c1-21(12-31-3)11-22(2,30-20(25)32-21)16-7-15(10-28-18(16)23)29-19-17-14(4-5-26-19)6-13(8-24)9-27-17/h4-7,9-10H,11-12H2,1-3H3,(H2,25,30)(H,26,29)/t21-,22+/m1/s1. The van der Waals surface area contributed by atoms with Crippen LogP contribution in [-0.2, 0) is 10.3 Å². The van der Waals surface area contributed by atoms with Gasteiger partial charge in [-0.2, -0.15) is 9.65 Å². The van der Waals surface area contributed by atoms with Gasteiger partial charge in [0.1, 0.15) is 11.6 Å². The molecule has 10 heteroatoms. The third-order valence-corrected chi connectivity index (χ3v) is 6.34. The van der Waals surface area contributed by atoms with Crippen LogP contribution in [0.1, 0.15) is 31.4 Å². The number of thioether (sulfide) groups is 1. The number of methoxy groups -OCH3 is 1. The molecule has 1 aliphatic rings. The van der Waals surface area contributed by atoms with Gasteiger partial charge in [-0.05, 0) is 38.5 Å². The number of hydrogen-bond acceptors (Lipinski definition) is 9. The molecule has 3 aromatic heterocycles.